The van der Waals surface area contributed by atoms with E-state index in [1.165, 1.54) is 62.5 Å². The second kappa shape index (κ2) is 9.48. The molecule has 0 saturated carbocycles. The number of benzene rings is 3. The predicted octanol–water partition coefficient (Wildman–Crippen LogP) is 2.19. The molecular weight excluding hydrogens is 496 g/mol. The molecular formula is C34H36N4O2. The van der Waals surface area contributed by atoms with Gasteiger partial charge in [0.2, 0.25) is 5.36 Å². The number of hydrogen-bond donors (Lipinski definition) is 1. The Bertz CT molecular complexity index is 1710. The molecule has 5 aliphatic rings. The van der Waals surface area contributed by atoms with Crippen LogP contribution >= 0.6 is 0 Å². The van der Waals surface area contributed by atoms with Crippen LogP contribution in [0.1, 0.15) is 64.6 Å². The second-order valence-corrected chi connectivity index (χ2v) is 11.9. The highest BCUT2D eigenvalue weighted by Crippen LogP contribution is 2.48. The Morgan fingerprint density at radius 2 is 1.73 bits per heavy atom. The number of aryl methyl sites for hydroxylation is 2. The summed E-state index contributed by atoms with van der Waals surface area (Å²) in [6.07, 6.45) is 9.01. The molecule has 2 N–H and O–H groups in total. The zero-order valence-corrected chi connectivity index (χ0v) is 23.1. The van der Waals surface area contributed by atoms with Gasteiger partial charge in [0.25, 0.3) is 0 Å². The van der Waals surface area contributed by atoms with Gasteiger partial charge in [0, 0.05) is 65.6 Å². The van der Waals surface area contributed by atoms with Crippen LogP contribution in [0.4, 0.5) is 5.69 Å². The lowest BCUT2D eigenvalue weighted by atomic mass is 9.82. The van der Waals surface area contributed by atoms with Gasteiger partial charge >= 0.3 is 0 Å². The van der Waals surface area contributed by atoms with Crippen LogP contribution in [-0.2, 0) is 25.7 Å². The highest BCUT2D eigenvalue weighted by Gasteiger charge is 2.35. The fourth-order valence-electron chi connectivity index (χ4n) is 7.89. The third-order valence-corrected chi connectivity index (χ3v) is 9.47. The van der Waals surface area contributed by atoms with Crippen LogP contribution in [0.3, 0.4) is 0 Å². The van der Waals surface area contributed by atoms with E-state index in [4.69, 9.17) is 10.5 Å². The van der Waals surface area contributed by atoms with Gasteiger partial charge < -0.3 is 20.5 Å². The van der Waals surface area contributed by atoms with Crippen LogP contribution in [0.2, 0.25) is 0 Å². The second-order valence-electron chi connectivity index (χ2n) is 11.9. The van der Waals surface area contributed by atoms with Gasteiger partial charge in [-0.15, -0.1) is 0 Å². The zero-order chi connectivity index (χ0) is 26.8. The summed E-state index contributed by atoms with van der Waals surface area (Å²) in [5.41, 5.74) is 16.8. The fraction of sp³-hybridized carbons (Fsp3) is 0.412. The first-order chi connectivity index (χ1) is 19.7. The molecule has 5 aliphatic heterocycles. The van der Waals surface area contributed by atoms with Crippen LogP contribution in [0.5, 0.6) is 11.5 Å². The number of aliphatic imine (C=N–C) groups is 1. The van der Waals surface area contributed by atoms with Crippen molar-refractivity contribution in [3.8, 4) is 11.5 Å². The average Bonchev–Trinajstić information content (AvgIpc) is 3.00. The summed E-state index contributed by atoms with van der Waals surface area (Å²) < 4.78 is 9.72. The Hall–Kier alpha value is -3.64. The topological polar surface area (TPSA) is 76.9 Å². The summed E-state index contributed by atoms with van der Waals surface area (Å²) in [6.45, 7) is 5.26. The number of fused-ring (bicyclic) bond motifs is 4. The summed E-state index contributed by atoms with van der Waals surface area (Å²) in [4.78, 5) is 6.77. The van der Waals surface area contributed by atoms with Gasteiger partial charge in [-0.1, -0.05) is 18.2 Å². The largest absolute Gasteiger partial charge is 0.858 e. The first-order valence-corrected chi connectivity index (χ1v) is 15.2. The Balaban J connectivity index is 1.46. The lowest BCUT2D eigenvalue weighted by Crippen LogP contribution is -2.45. The lowest BCUT2D eigenvalue weighted by Gasteiger charge is -2.39. The third-order valence-electron chi connectivity index (χ3n) is 9.47. The molecule has 8 rings (SSSR count). The summed E-state index contributed by atoms with van der Waals surface area (Å²) >= 11 is 0. The molecule has 0 unspecified atom stereocenters. The molecule has 40 heavy (non-hydrogen) atoms. The first-order valence-electron chi connectivity index (χ1n) is 15.2. The normalized spacial score (nSPS) is 18.9. The van der Waals surface area contributed by atoms with Gasteiger partial charge in [-0.05, 0) is 79.3 Å². The van der Waals surface area contributed by atoms with Gasteiger partial charge in [-0.2, -0.15) is 0 Å². The smallest absolute Gasteiger partial charge is 0.210 e. The van der Waals surface area contributed by atoms with Crippen LogP contribution in [0.25, 0.3) is 5.57 Å². The van der Waals surface area contributed by atoms with Crippen molar-refractivity contribution in [1.82, 2.24) is 4.58 Å². The van der Waals surface area contributed by atoms with Crippen LogP contribution in [0, 0.1) is 0 Å². The van der Waals surface area contributed by atoms with Crippen molar-refractivity contribution in [3.63, 3.8) is 0 Å². The molecule has 0 fully saturated rings. The molecule has 0 aromatic heterocycles. The van der Waals surface area contributed by atoms with Gasteiger partial charge in [-0.25, -0.2) is 4.58 Å². The monoisotopic (exact) mass is 532 g/mol. The number of rotatable bonds is 4. The van der Waals surface area contributed by atoms with E-state index >= 15 is 0 Å². The Morgan fingerprint density at radius 1 is 0.925 bits per heavy atom. The first kappa shape index (κ1) is 24.2. The van der Waals surface area contributed by atoms with E-state index < -0.39 is 0 Å². The molecule has 6 heteroatoms. The third kappa shape index (κ3) is 3.65. The molecule has 0 atom stereocenters. The summed E-state index contributed by atoms with van der Waals surface area (Å²) in [6, 6.07) is 12.9. The number of nitrogens with zero attached hydrogens (tertiary/aromatic N) is 3. The van der Waals surface area contributed by atoms with Gasteiger partial charge in [0.1, 0.15) is 24.6 Å². The quantitative estimate of drug-likeness (QED) is 0.248. The van der Waals surface area contributed by atoms with Crippen molar-refractivity contribution in [2.75, 3.05) is 44.2 Å². The minimum absolute atomic E-state index is 0.201. The van der Waals surface area contributed by atoms with Crippen LogP contribution in [-0.4, -0.2) is 45.2 Å². The maximum atomic E-state index is 12.9. The van der Waals surface area contributed by atoms with Crippen molar-refractivity contribution in [2.24, 2.45) is 10.7 Å². The van der Waals surface area contributed by atoms with E-state index in [0.717, 1.165) is 81.8 Å². The van der Waals surface area contributed by atoms with Gasteiger partial charge in [-0.3, -0.25) is 4.99 Å². The SMILES string of the molecule is NCCN=C([O-])c1cccc(C2=c3cc4c5c(c3Oc3c2cc2c6c3CCCN6CCC2)CCC[N+]=5CCC4)c1. The van der Waals surface area contributed by atoms with Crippen molar-refractivity contribution < 1.29 is 9.84 Å². The predicted molar refractivity (Wildman–Crippen MR) is 157 cm³/mol. The minimum atomic E-state index is -0.201. The van der Waals surface area contributed by atoms with Gasteiger partial charge in [0.15, 0.2) is 0 Å². The summed E-state index contributed by atoms with van der Waals surface area (Å²) in [5, 5.41) is 15.5. The number of ether oxygens (including phenoxy) is 1. The summed E-state index contributed by atoms with van der Waals surface area (Å²) in [7, 11) is 0. The molecule has 0 bridgehead atoms. The van der Waals surface area contributed by atoms with E-state index in [-0.39, 0.29) is 5.90 Å². The molecule has 3 aromatic rings. The van der Waals surface area contributed by atoms with Crippen molar-refractivity contribution in [1.29, 1.82) is 0 Å². The molecule has 204 valence electrons. The zero-order valence-electron chi connectivity index (χ0n) is 23.1. The Morgan fingerprint density at radius 3 is 2.60 bits per heavy atom. The number of anilines is 1. The van der Waals surface area contributed by atoms with Crippen LogP contribution in [0.15, 0.2) is 41.4 Å². The molecule has 0 saturated heterocycles. The standard InChI is InChI=1S/C34H36N4O2/c35-12-13-36-34(39)24-7-1-6-21(18-24)29-27-19-22-8-2-14-37-16-4-10-25(30(22)37)32(27)40-33-26-11-5-17-38-15-3-9-23(31(26)38)20-28(29)33/h1,6-7,18-20H,2-5,8-17,35H2. The Labute approximate surface area is 235 Å². The van der Waals surface area contributed by atoms with E-state index in [2.05, 4.69) is 32.7 Å². The maximum Gasteiger partial charge on any atom is 0.210 e. The van der Waals surface area contributed by atoms with E-state index in [9.17, 15) is 5.11 Å². The van der Waals surface area contributed by atoms with Gasteiger partial charge in [0.05, 0.1) is 12.1 Å². The summed E-state index contributed by atoms with van der Waals surface area (Å²) in [5.74, 6) is 1.89. The van der Waals surface area contributed by atoms with E-state index in [1.807, 2.05) is 18.2 Å². The highest BCUT2D eigenvalue weighted by molar-refractivity contribution is 5.94. The molecule has 0 aliphatic carbocycles. The molecule has 6 nitrogen and oxygen atoms in total. The van der Waals surface area contributed by atoms with Crippen LogP contribution < -0.4 is 35.6 Å². The fourth-order valence-corrected chi connectivity index (χ4v) is 7.89. The molecule has 3 aromatic carbocycles. The molecule has 0 spiro atoms. The number of nitrogens with two attached hydrogens (primary N) is 1. The average molecular weight is 533 g/mol. The van der Waals surface area contributed by atoms with Crippen molar-refractivity contribution >= 4 is 17.2 Å². The van der Waals surface area contributed by atoms with Crippen molar-refractivity contribution in [3.05, 3.63) is 85.9 Å². The lowest BCUT2D eigenvalue weighted by molar-refractivity contribution is -0.213. The molecule has 5 heterocycles. The maximum absolute atomic E-state index is 12.9. The number of hydrogen-bond acceptors (Lipinski definition) is 5. The Kier molecular flexibility index (Phi) is 5.73. The van der Waals surface area contributed by atoms with E-state index in [0.29, 0.717) is 18.7 Å². The van der Waals surface area contributed by atoms with Crippen molar-refractivity contribution in [2.45, 2.75) is 51.4 Å². The molecule has 0 radical (unpaired) electrons. The minimum Gasteiger partial charge on any atom is -0.858 e. The highest BCUT2D eigenvalue weighted by atomic mass is 16.5. The van der Waals surface area contributed by atoms with E-state index in [1.54, 1.807) is 0 Å². The molecule has 0 amide bonds.